The van der Waals surface area contributed by atoms with Crippen molar-refractivity contribution in [3.05, 3.63) is 59.9 Å². The Balaban J connectivity index is 2.03. The minimum Gasteiger partial charge on any atom is -0.410 e. The number of carbonyl (C=O) groups excluding carboxylic acids is 1. The van der Waals surface area contributed by atoms with E-state index in [-0.39, 0.29) is 6.54 Å². The number of hydrogen-bond acceptors (Lipinski definition) is 3. The second kappa shape index (κ2) is 5.97. The molecule has 0 radical (unpaired) electrons. The topological polar surface area (TPSA) is 64.3 Å². The van der Waals surface area contributed by atoms with E-state index < -0.39 is 11.9 Å². The molecule has 0 fully saturated rings. The maximum atomic E-state index is 13.2. The fraction of sp³-hybridized carbons (Fsp3) is 0.0714. The molecule has 2 rings (SSSR count). The number of nitrogens with two attached hydrogens (primary N) is 1. The maximum Gasteiger partial charge on any atom is 0.417 e. The Kier molecular flexibility index (Phi) is 4.10. The minimum absolute atomic E-state index is 0.0646. The van der Waals surface area contributed by atoms with Crippen molar-refractivity contribution in [1.82, 2.24) is 0 Å². The Bertz CT molecular complexity index is 573. The van der Waals surface area contributed by atoms with Gasteiger partial charge in [0, 0.05) is 17.8 Å². The summed E-state index contributed by atoms with van der Waals surface area (Å²) in [7, 11) is 0. The number of para-hydroxylation sites is 1. The molecular formula is C14H13FN2O2. The smallest absolute Gasteiger partial charge is 0.410 e. The highest BCUT2D eigenvalue weighted by Gasteiger charge is 2.07. The summed E-state index contributed by atoms with van der Waals surface area (Å²) < 4.78 is 18.3. The number of benzene rings is 2. The molecule has 2 aromatic rings. The highest BCUT2D eigenvalue weighted by Crippen LogP contribution is 2.15. The lowest BCUT2D eigenvalue weighted by atomic mass is 10.2. The monoisotopic (exact) mass is 260 g/mol. The summed E-state index contributed by atoms with van der Waals surface area (Å²) in [5.74, 6) is 0.0330. The van der Waals surface area contributed by atoms with Gasteiger partial charge < -0.3 is 10.5 Å². The summed E-state index contributed by atoms with van der Waals surface area (Å²) in [6, 6.07) is 12.8. The van der Waals surface area contributed by atoms with E-state index in [2.05, 4.69) is 5.32 Å². The molecule has 2 aromatic carbocycles. The van der Waals surface area contributed by atoms with Crippen LogP contribution in [-0.4, -0.2) is 6.09 Å². The summed E-state index contributed by atoms with van der Waals surface area (Å²) in [6.07, 6.45) is -0.638. The van der Waals surface area contributed by atoms with Crippen LogP contribution in [-0.2, 0) is 6.54 Å². The third-order valence-electron chi connectivity index (χ3n) is 2.47. The molecule has 98 valence electrons. The number of amides is 1. The van der Waals surface area contributed by atoms with Gasteiger partial charge in [-0.05, 0) is 30.3 Å². The van der Waals surface area contributed by atoms with Crippen LogP contribution >= 0.6 is 0 Å². The molecule has 0 unspecified atom stereocenters. The van der Waals surface area contributed by atoms with Gasteiger partial charge in [-0.25, -0.2) is 9.18 Å². The maximum absolute atomic E-state index is 13.2. The lowest BCUT2D eigenvalue weighted by Crippen LogP contribution is -2.17. The van der Waals surface area contributed by atoms with E-state index in [1.54, 1.807) is 24.3 Å². The molecule has 19 heavy (non-hydrogen) atoms. The van der Waals surface area contributed by atoms with Crippen molar-refractivity contribution in [1.29, 1.82) is 0 Å². The van der Waals surface area contributed by atoms with Crippen molar-refractivity contribution in [3.63, 3.8) is 0 Å². The van der Waals surface area contributed by atoms with Crippen molar-refractivity contribution in [2.45, 2.75) is 6.54 Å². The highest BCUT2D eigenvalue weighted by atomic mass is 19.1. The van der Waals surface area contributed by atoms with Gasteiger partial charge in [0.1, 0.15) is 11.6 Å². The van der Waals surface area contributed by atoms with E-state index >= 15 is 0 Å². The normalized spacial score (nSPS) is 10.0. The van der Waals surface area contributed by atoms with E-state index in [0.29, 0.717) is 17.0 Å². The van der Waals surface area contributed by atoms with Gasteiger partial charge in [0.15, 0.2) is 0 Å². The molecule has 0 aliphatic carbocycles. The predicted octanol–water partition coefficient (Wildman–Crippen LogP) is 2.90. The van der Waals surface area contributed by atoms with Crippen LogP contribution in [0.1, 0.15) is 5.56 Å². The van der Waals surface area contributed by atoms with Crippen LogP contribution in [0.2, 0.25) is 0 Å². The Morgan fingerprint density at radius 2 is 1.95 bits per heavy atom. The third kappa shape index (κ3) is 3.53. The molecule has 5 heteroatoms. The third-order valence-corrected chi connectivity index (χ3v) is 2.47. The number of carbonyl (C=O) groups is 1. The van der Waals surface area contributed by atoms with Gasteiger partial charge >= 0.3 is 6.09 Å². The number of rotatable bonds is 3. The van der Waals surface area contributed by atoms with Crippen molar-refractivity contribution in [2.24, 2.45) is 5.73 Å². The molecule has 0 aliphatic rings. The average Bonchev–Trinajstić information content (AvgIpc) is 2.42. The Hall–Kier alpha value is -2.40. The van der Waals surface area contributed by atoms with Gasteiger partial charge in [0.25, 0.3) is 0 Å². The van der Waals surface area contributed by atoms with Gasteiger partial charge in [0.2, 0.25) is 0 Å². The molecule has 3 N–H and O–H groups in total. The van der Waals surface area contributed by atoms with Crippen LogP contribution in [0.15, 0.2) is 48.5 Å². The SMILES string of the molecule is NCc1cc(NC(=O)Oc2ccccc2)ccc1F. The van der Waals surface area contributed by atoms with Crippen LogP contribution in [0, 0.1) is 5.82 Å². The largest absolute Gasteiger partial charge is 0.417 e. The van der Waals surface area contributed by atoms with Crippen molar-refractivity contribution in [3.8, 4) is 5.75 Å². The zero-order valence-electron chi connectivity index (χ0n) is 10.1. The Morgan fingerprint density at radius 1 is 1.21 bits per heavy atom. The highest BCUT2D eigenvalue weighted by molar-refractivity contribution is 5.86. The number of halogens is 1. The lowest BCUT2D eigenvalue weighted by molar-refractivity contribution is 0.215. The molecule has 0 aliphatic heterocycles. The molecule has 0 saturated heterocycles. The van der Waals surface area contributed by atoms with Crippen molar-refractivity contribution >= 4 is 11.8 Å². The molecular weight excluding hydrogens is 247 g/mol. The first-order valence-electron chi connectivity index (χ1n) is 5.71. The van der Waals surface area contributed by atoms with E-state index in [0.717, 1.165) is 0 Å². The Morgan fingerprint density at radius 3 is 2.63 bits per heavy atom. The van der Waals surface area contributed by atoms with Crippen LogP contribution in [0.5, 0.6) is 5.75 Å². The molecule has 0 atom stereocenters. The quantitative estimate of drug-likeness (QED) is 0.891. The second-order valence-electron chi connectivity index (χ2n) is 3.84. The van der Waals surface area contributed by atoms with Crippen molar-refractivity contribution in [2.75, 3.05) is 5.32 Å². The van der Waals surface area contributed by atoms with Gasteiger partial charge in [-0.1, -0.05) is 18.2 Å². The van der Waals surface area contributed by atoms with E-state index in [1.807, 2.05) is 6.07 Å². The summed E-state index contributed by atoms with van der Waals surface area (Å²) in [4.78, 5) is 11.6. The van der Waals surface area contributed by atoms with E-state index in [1.165, 1.54) is 18.2 Å². The summed E-state index contributed by atoms with van der Waals surface area (Å²) in [5.41, 5.74) is 6.15. The predicted molar refractivity (Wildman–Crippen MR) is 70.4 cm³/mol. The zero-order chi connectivity index (χ0) is 13.7. The molecule has 0 bridgehead atoms. The fourth-order valence-electron chi connectivity index (χ4n) is 1.55. The number of ether oxygens (including phenoxy) is 1. The van der Waals surface area contributed by atoms with Crippen LogP contribution in [0.3, 0.4) is 0 Å². The summed E-state index contributed by atoms with van der Waals surface area (Å²) >= 11 is 0. The van der Waals surface area contributed by atoms with E-state index in [9.17, 15) is 9.18 Å². The Labute approximate surface area is 110 Å². The van der Waals surface area contributed by atoms with Crippen molar-refractivity contribution < 1.29 is 13.9 Å². The second-order valence-corrected chi connectivity index (χ2v) is 3.84. The molecule has 4 nitrogen and oxygen atoms in total. The number of anilines is 1. The van der Waals surface area contributed by atoms with Gasteiger partial charge in [-0.15, -0.1) is 0 Å². The minimum atomic E-state index is -0.638. The average molecular weight is 260 g/mol. The molecule has 0 spiro atoms. The first-order chi connectivity index (χ1) is 9.19. The summed E-state index contributed by atoms with van der Waals surface area (Å²) in [6.45, 7) is 0.0646. The molecule has 0 heterocycles. The van der Waals surface area contributed by atoms with Gasteiger partial charge in [-0.3, -0.25) is 5.32 Å². The molecule has 0 aromatic heterocycles. The van der Waals surface area contributed by atoms with Gasteiger partial charge in [0.05, 0.1) is 0 Å². The van der Waals surface area contributed by atoms with E-state index in [4.69, 9.17) is 10.5 Å². The number of hydrogen-bond donors (Lipinski definition) is 2. The zero-order valence-corrected chi connectivity index (χ0v) is 10.1. The number of nitrogens with one attached hydrogen (secondary N) is 1. The molecule has 1 amide bonds. The standard InChI is InChI=1S/C14H13FN2O2/c15-13-7-6-11(8-10(13)9-16)17-14(18)19-12-4-2-1-3-5-12/h1-8H,9,16H2,(H,17,18). The van der Waals surface area contributed by atoms with Crippen LogP contribution in [0.25, 0.3) is 0 Å². The first-order valence-corrected chi connectivity index (χ1v) is 5.71. The fourth-order valence-corrected chi connectivity index (χ4v) is 1.55. The lowest BCUT2D eigenvalue weighted by Gasteiger charge is -2.08. The van der Waals surface area contributed by atoms with Crippen LogP contribution in [0.4, 0.5) is 14.9 Å². The van der Waals surface area contributed by atoms with Crippen LogP contribution < -0.4 is 15.8 Å². The first kappa shape index (κ1) is 13.0. The summed E-state index contributed by atoms with van der Waals surface area (Å²) in [5, 5.41) is 2.51. The molecule has 0 saturated carbocycles. The van der Waals surface area contributed by atoms with Gasteiger partial charge in [-0.2, -0.15) is 0 Å².